The molecule has 2 nitrogen and oxygen atoms in total. The molecule has 0 fully saturated rings. The van der Waals surface area contributed by atoms with E-state index in [9.17, 15) is 0 Å². The van der Waals surface area contributed by atoms with E-state index in [0.29, 0.717) is 0 Å². The summed E-state index contributed by atoms with van der Waals surface area (Å²) < 4.78 is 0. The maximum atomic E-state index is 4.32. The lowest BCUT2D eigenvalue weighted by Crippen LogP contribution is -2.19. The molecule has 0 aliphatic rings. The lowest BCUT2D eigenvalue weighted by molar-refractivity contribution is 0.765. The first-order valence-electron chi connectivity index (χ1n) is 6.51. The molecule has 0 amide bonds. The molecule has 0 radical (unpaired) electrons. The molecule has 17 heavy (non-hydrogen) atoms. The summed E-state index contributed by atoms with van der Waals surface area (Å²) in [7, 11) is 2.17. The van der Waals surface area contributed by atoms with Gasteiger partial charge in [-0.15, -0.1) is 0 Å². The summed E-state index contributed by atoms with van der Waals surface area (Å²) in [6, 6.07) is 6.43. The first-order chi connectivity index (χ1) is 8.20. The first-order valence-corrected chi connectivity index (χ1v) is 6.51. The SMILES string of the molecule is CCCCN(C)c1cccc(C=NCC)c1C. The Morgan fingerprint density at radius 1 is 1.29 bits per heavy atom. The summed E-state index contributed by atoms with van der Waals surface area (Å²) >= 11 is 0. The average Bonchev–Trinajstić information content (AvgIpc) is 2.34. The Kier molecular flexibility index (Phi) is 5.75. The second-order valence-corrected chi connectivity index (χ2v) is 4.39. The monoisotopic (exact) mass is 232 g/mol. The molecule has 0 spiro atoms. The summed E-state index contributed by atoms with van der Waals surface area (Å²) in [6.07, 6.45) is 4.45. The molecule has 1 aromatic rings. The van der Waals surface area contributed by atoms with Gasteiger partial charge in [-0.05, 0) is 37.5 Å². The van der Waals surface area contributed by atoms with Gasteiger partial charge in [0.15, 0.2) is 0 Å². The van der Waals surface area contributed by atoms with Crippen LogP contribution in [0.25, 0.3) is 0 Å². The minimum absolute atomic E-state index is 0.843. The van der Waals surface area contributed by atoms with Gasteiger partial charge < -0.3 is 4.90 Å². The average molecular weight is 232 g/mol. The third-order valence-electron chi connectivity index (χ3n) is 3.02. The Hall–Kier alpha value is -1.31. The molecule has 0 aromatic heterocycles. The molecule has 0 saturated carbocycles. The van der Waals surface area contributed by atoms with Crippen LogP contribution in [0.3, 0.4) is 0 Å². The van der Waals surface area contributed by atoms with E-state index in [1.54, 1.807) is 0 Å². The van der Waals surface area contributed by atoms with Crippen molar-refractivity contribution in [2.45, 2.75) is 33.6 Å². The number of rotatable bonds is 6. The number of anilines is 1. The van der Waals surface area contributed by atoms with Gasteiger partial charge in [0, 0.05) is 32.0 Å². The predicted molar refractivity (Wildman–Crippen MR) is 77.5 cm³/mol. The fourth-order valence-electron chi connectivity index (χ4n) is 1.90. The highest BCUT2D eigenvalue weighted by molar-refractivity contribution is 5.84. The molecule has 1 aromatic carbocycles. The van der Waals surface area contributed by atoms with E-state index >= 15 is 0 Å². The van der Waals surface area contributed by atoms with Crippen molar-refractivity contribution in [3.05, 3.63) is 29.3 Å². The van der Waals surface area contributed by atoms with Crippen molar-refractivity contribution in [3.63, 3.8) is 0 Å². The lowest BCUT2D eigenvalue weighted by atomic mass is 10.1. The molecular weight excluding hydrogens is 208 g/mol. The first kappa shape index (κ1) is 13.8. The summed E-state index contributed by atoms with van der Waals surface area (Å²) in [5.74, 6) is 0. The summed E-state index contributed by atoms with van der Waals surface area (Å²) in [5, 5.41) is 0. The summed E-state index contributed by atoms with van der Waals surface area (Å²) in [6.45, 7) is 8.42. The van der Waals surface area contributed by atoms with Crippen LogP contribution in [0, 0.1) is 6.92 Å². The third kappa shape index (κ3) is 3.88. The van der Waals surface area contributed by atoms with Gasteiger partial charge in [0.05, 0.1) is 0 Å². The van der Waals surface area contributed by atoms with Gasteiger partial charge in [0.1, 0.15) is 0 Å². The topological polar surface area (TPSA) is 15.6 Å². The van der Waals surface area contributed by atoms with E-state index in [4.69, 9.17) is 0 Å². The van der Waals surface area contributed by atoms with Gasteiger partial charge in [-0.25, -0.2) is 0 Å². The van der Waals surface area contributed by atoms with Crippen molar-refractivity contribution < 1.29 is 0 Å². The second-order valence-electron chi connectivity index (χ2n) is 4.39. The van der Waals surface area contributed by atoms with Crippen LogP contribution in [-0.4, -0.2) is 26.4 Å². The van der Waals surface area contributed by atoms with Crippen LogP contribution in [0.5, 0.6) is 0 Å². The summed E-state index contributed by atoms with van der Waals surface area (Å²) in [4.78, 5) is 6.66. The molecule has 2 heteroatoms. The fourth-order valence-corrected chi connectivity index (χ4v) is 1.90. The fraction of sp³-hybridized carbons (Fsp3) is 0.533. The quantitative estimate of drug-likeness (QED) is 0.683. The molecule has 0 N–H and O–H groups in total. The Bertz CT molecular complexity index is 369. The van der Waals surface area contributed by atoms with Crippen LogP contribution in [0.1, 0.15) is 37.8 Å². The Balaban J connectivity index is 2.89. The standard InChI is InChI=1S/C15H24N2/c1-5-7-11-17(4)15-10-8-9-14(13(15)3)12-16-6-2/h8-10,12H,5-7,11H2,1-4H3. The number of hydrogen-bond donors (Lipinski definition) is 0. The van der Waals surface area contributed by atoms with Crippen LogP contribution in [0.4, 0.5) is 5.69 Å². The van der Waals surface area contributed by atoms with Gasteiger partial charge in [-0.3, -0.25) is 4.99 Å². The van der Waals surface area contributed by atoms with Gasteiger partial charge in [0.2, 0.25) is 0 Å². The molecule has 0 bridgehead atoms. The molecular formula is C15H24N2. The van der Waals surface area contributed by atoms with Crippen molar-refractivity contribution in [1.29, 1.82) is 0 Å². The van der Waals surface area contributed by atoms with E-state index in [-0.39, 0.29) is 0 Å². The molecule has 0 unspecified atom stereocenters. The van der Waals surface area contributed by atoms with Gasteiger partial charge in [-0.1, -0.05) is 25.5 Å². The van der Waals surface area contributed by atoms with Crippen molar-refractivity contribution >= 4 is 11.9 Å². The van der Waals surface area contributed by atoms with Crippen molar-refractivity contribution in [1.82, 2.24) is 0 Å². The van der Waals surface area contributed by atoms with Crippen molar-refractivity contribution in [2.24, 2.45) is 4.99 Å². The Morgan fingerprint density at radius 2 is 2.06 bits per heavy atom. The van der Waals surface area contributed by atoms with Gasteiger partial charge in [0.25, 0.3) is 0 Å². The molecule has 0 atom stereocenters. The Labute approximate surface area is 105 Å². The molecule has 0 aliphatic carbocycles. The zero-order valence-electron chi connectivity index (χ0n) is 11.5. The molecule has 94 valence electrons. The molecule has 0 heterocycles. The number of nitrogens with zero attached hydrogens (tertiary/aromatic N) is 2. The van der Waals surface area contributed by atoms with Crippen LogP contribution in [0.2, 0.25) is 0 Å². The van der Waals surface area contributed by atoms with E-state index in [1.807, 2.05) is 6.21 Å². The predicted octanol–water partition coefficient (Wildman–Crippen LogP) is 3.67. The highest BCUT2D eigenvalue weighted by Crippen LogP contribution is 2.21. The lowest BCUT2D eigenvalue weighted by Gasteiger charge is -2.22. The second kappa shape index (κ2) is 7.10. The minimum atomic E-state index is 0.843. The molecule has 0 saturated heterocycles. The van der Waals surface area contributed by atoms with Crippen LogP contribution in [0.15, 0.2) is 23.2 Å². The van der Waals surface area contributed by atoms with Gasteiger partial charge in [-0.2, -0.15) is 0 Å². The van der Waals surface area contributed by atoms with Crippen molar-refractivity contribution in [2.75, 3.05) is 25.0 Å². The smallest absolute Gasteiger partial charge is 0.0399 e. The maximum Gasteiger partial charge on any atom is 0.0399 e. The normalized spacial score (nSPS) is 11.1. The van der Waals surface area contributed by atoms with Crippen molar-refractivity contribution in [3.8, 4) is 0 Å². The molecule has 1 rings (SSSR count). The number of hydrogen-bond acceptors (Lipinski definition) is 2. The zero-order valence-corrected chi connectivity index (χ0v) is 11.5. The highest BCUT2D eigenvalue weighted by atomic mass is 15.1. The van der Waals surface area contributed by atoms with Crippen LogP contribution < -0.4 is 4.90 Å². The third-order valence-corrected chi connectivity index (χ3v) is 3.02. The Morgan fingerprint density at radius 3 is 2.71 bits per heavy atom. The minimum Gasteiger partial charge on any atom is -0.374 e. The number of aliphatic imine (C=N–C) groups is 1. The largest absolute Gasteiger partial charge is 0.374 e. The van der Waals surface area contributed by atoms with E-state index in [0.717, 1.165) is 13.1 Å². The maximum absolute atomic E-state index is 4.32. The summed E-state index contributed by atoms with van der Waals surface area (Å²) in [5.41, 5.74) is 3.87. The van der Waals surface area contributed by atoms with Crippen LogP contribution >= 0.6 is 0 Å². The molecule has 0 aliphatic heterocycles. The number of benzene rings is 1. The van der Waals surface area contributed by atoms with E-state index in [2.05, 4.69) is 55.9 Å². The van der Waals surface area contributed by atoms with Crippen LogP contribution in [-0.2, 0) is 0 Å². The van der Waals surface area contributed by atoms with E-state index < -0.39 is 0 Å². The highest BCUT2D eigenvalue weighted by Gasteiger charge is 2.06. The zero-order chi connectivity index (χ0) is 12.7. The van der Waals surface area contributed by atoms with E-state index in [1.165, 1.54) is 29.7 Å². The van der Waals surface area contributed by atoms with Gasteiger partial charge >= 0.3 is 0 Å². The number of unbranched alkanes of at least 4 members (excludes halogenated alkanes) is 1.